The summed E-state index contributed by atoms with van der Waals surface area (Å²) in [5.74, 6) is 0.796. The monoisotopic (exact) mass is 1610 g/mol. The van der Waals surface area contributed by atoms with E-state index in [-0.39, 0.29) is 23.6 Å². The number of halogens is 2. The first-order valence-corrected chi connectivity index (χ1v) is 48.2. The van der Waals surface area contributed by atoms with Gasteiger partial charge >= 0.3 is 0 Å². The van der Waals surface area contributed by atoms with Crippen LogP contribution in [-0.2, 0) is 19.2 Å². The third kappa shape index (κ3) is 30.1. The van der Waals surface area contributed by atoms with E-state index >= 15 is 19.2 Å². The maximum absolute atomic E-state index is 16.1. The summed E-state index contributed by atoms with van der Waals surface area (Å²) in [5, 5.41) is 0. The first-order valence-electron chi connectivity index (χ1n) is 46.6. The molecule has 0 N–H and O–H groups in total. The Kier molecular flexibility index (Phi) is 46.1. The van der Waals surface area contributed by atoms with Gasteiger partial charge in [-0.2, -0.15) is 0 Å². The average Bonchev–Trinajstić information content (AvgIpc) is 1.55. The van der Waals surface area contributed by atoms with Gasteiger partial charge in [-0.1, -0.05) is 432 Å². The maximum Gasteiger partial charge on any atom is 0.259 e. The van der Waals surface area contributed by atoms with Crippen LogP contribution in [0.2, 0.25) is 0 Å². The number of carbonyl (C=O) groups excluding carboxylic acids is 4. The first-order chi connectivity index (χ1) is 53.0. The minimum Gasteiger partial charge on any atom is -0.308 e. The van der Waals surface area contributed by atoms with Crippen molar-refractivity contribution in [3.63, 3.8) is 0 Å². The van der Waals surface area contributed by atoms with Crippen LogP contribution in [0.1, 0.15) is 449 Å². The van der Waals surface area contributed by atoms with Crippen LogP contribution in [0.4, 0.5) is 22.7 Å². The van der Waals surface area contributed by atoms with E-state index < -0.39 is 0 Å². The van der Waals surface area contributed by atoms with E-state index in [1.807, 2.05) is 31.7 Å². The van der Waals surface area contributed by atoms with Gasteiger partial charge in [0.1, 0.15) is 0 Å². The lowest BCUT2D eigenvalue weighted by Gasteiger charge is -2.21. The number of carbonyl (C=O) groups is 4. The van der Waals surface area contributed by atoms with Crippen LogP contribution in [0.15, 0.2) is 57.5 Å². The maximum atomic E-state index is 16.1. The molecule has 4 heterocycles. The predicted octanol–water partition coefficient (Wildman–Crippen LogP) is 31.2. The van der Waals surface area contributed by atoms with Gasteiger partial charge in [-0.05, 0) is 86.8 Å². The molecule has 0 aliphatic carbocycles. The zero-order chi connectivity index (χ0) is 76.8. The van der Waals surface area contributed by atoms with Crippen LogP contribution in [0, 0.1) is 11.8 Å². The van der Waals surface area contributed by atoms with E-state index in [0.29, 0.717) is 60.3 Å². The molecule has 606 valence electrons. The molecular formula is C98H156Br2N4O4. The van der Waals surface area contributed by atoms with Crippen molar-refractivity contribution in [1.29, 1.82) is 0 Å². The van der Waals surface area contributed by atoms with Crippen LogP contribution >= 0.6 is 31.9 Å². The van der Waals surface area contributed by atoms with E-state index in [9.17, 15) is 0 Å². The summed E-state index contributed by atoms with van der Waals surface area (Å²) in [6.07, 6.45) is 75.2. The van der Waals surface area contributed by atoms with Crippen molar-refractivity contribution in [3.8, 4) is 0 Å². The molecule has 3 aromatic carbocycles. The van der Waals surface area contributed by atoms with Crippen molar-refractivity contribution in [2.45, 2.75) is 427 Å². The third-order valence-corrected chi connectivity index (χ3v) is 25.9. The van der Waals surface area contributed by atoms with E-state index in [1.54, 1.807) is 0 Å². The number of unbranched alkanes of at least 4 members (excludes halogenated alkanes) is 46. The van der Waals surface area contributed by atoms with Crippen molar-refractivity contribution in [2.24, 2.45) is 11.8 Å². The summed E-state index contributed by atoms with van der Waals surface area (Å²) in [5.41, 5.74) is 8.15. The zero-order valence-electron chi connectivity index (χ0n) is 70.2. The fourth-order valence-electron chi connectivity index (χ4n) is 18.3. The minimum atomic E-state index is -0.136. The van der Waals surface area contributed by atoms with Crippen molar-refractivity contribution >= 4 is 101 Å². The fraction of sp³-hybridized carbons (Fsp3) is 0.735. The second kappa shape index (κ2) is 54.7. The van der Waals surface area contributed by atoms with Crippen LogP contribution < -0.4 is 19.6 Å². The van der Waals surface area contributed by atoms with E-state index in [0.717, 1.165) is 118 Å². The molecule has 4 amide bonds. The molecule has 0 fully saturated rings. The molecule has 0 radical (unpaired) electrons. The summed E-state index contributed by atoms with van der Waals surface area (Å²) < 4.78 is 1.82. The highest BCUT2D eigenvalue weighted by Gasteiger charge is 2.47. The molecule has 8 nitrogen and oxygen atoms in total. The second-order valence-electron chi connectivity index (χ2n) is 34.0. The Hall–Kier alpha value is -4.02. The van der Waals surface area contributed by atoms with Gasteiger partial charge in [-0.15, -0.1) is 0 Å². The number of amides is 4. The summed E-state index contributed by atoms with van der Waals surface area (Å²) in [6, 6.07) is 16.6. The van der Waals surface area contributed by atoms with Gasteiger partial charge in [-0.25, -0.2) is 0 Å². The molecule has 0 saturated carbocycles. The molecule has 0 saturated heterocycles. The molecular weight excluding hydrogens is 1460 g/mol. The molecule has 0 spiro atoms. The molecule has 4 aliphatic rings. The summed E-state index contributed by atoms with van der Waals surface area (Å²) in [4.78, 5) is 72.0. The van der Waals surface area contributed by atoms with E-state index in [1.165, 1.54) is 321 Å². The number of hydrogen-bond acceptors (Lipinski definition) is 4. The molecule has 7 rings (SSSR count). The summed E-state index contributed by atoms with van der Waals surface area (Å²) >= 11 is 7.68. The Morgan fingerprint density at radius 2 is 0.407 bits per heavy atom. The van der Waals surface area contributed by atoms with Gasteiger partial charge in [0.2, 0.25) is 0 Å². The Labute approximate surface area is 679 Å². The first kappa shape index (κ1) is 91.2. The lowest BCUT2D eigenvalue weighted by atomic mass is 9.90. The SMILES string of the molecule is CCCCCCCCCCCCN1C(=O)/C(=C2\C(=O)N(CCCC(CCCCCCCCCC)CCCCCCCCCC)c3cc(Br)ccc32)c2cc3c(cc21)/C(=C1/C(=O)N(CCCC(CCCCCCCCCC)CCCCCCCCCC)c2cc(Br)ccc21)C(=O)N3CCCCCCCCCCCC. The minimum absolute atomic E-state index is 0.102. The quantitative estimate of drug-likeness (QED) is 0.0417. The largest absolute Gasteiger partial charge is 0.308 e. The van der Waals surface area contributed by atoms with Gasteiger partial charge in [-0.3, -0.25) is 19.2 Å². The molecule has 0 unspecified atom stereocenters. The third-order valence-electron chi connectivity index (χ3n) is 24.9. The van der Waals surface area contributed by atoms with E-state index in [4.69, 9.17) is 0 Å². The highest BCUT2D eigenvalue weighted by atomic mass is 79.9. The number of rotatable bonds is 66. The van der Waals surface area contributed by atoms with Crippen LogP contribution in [0.5, 0.6) is 0 Å². The summed E-state index contributed by atoms with van der Waals surface area (Å²) in [7, 11) is 0. The van der Waals surface area contributed by atoms with Crippen molar-refractivity contribution in [2.75, 3.05) is 45.8 Å². The molecule has 10 heteroatoms. The van der Waals surface area contributed by atoms with Gasteiger partial charge in [0, 0.05) is 57.4 Å². The Bertz CT molecular complexity index is 2880. The number of nitrogens with zero attached hydrogens (tertiary/aromatic N) is 4. The lowest BCUT2D eigenvalue weighted by molar-refractivity contribution is -0.114. The van der Waals surface area contributed by atoms with Gasteiger partial charge in [0.05, 0.1) is 45.0 Å². The predicted molar refractivity (Wildman–Crippen MR) is 476 cm³/mol. The molecule has 0 bridgehead atoms. The zero-order valence-corrected chi connectivity index (χ0v) is 73.4. The van der Waals surface area contributed by atoms with Crippen LogP contribution in [0.25, 0.3) is 22.3 Å². The van der Waals surface area contributed by atoms with E-state index in [2.05, 4.69) is 110 Å². The Morgan fingerprint density at radius 1 is 0.222 bits per heavy atom. The van der Waals surface area contributed by atoms with Gasteiger partial charge in [0.15, 0.2) is 0 Å². The molecule has 4 aliphatic heterocycles. The smallest absolute Gasteiger partial charge is 0.259 e. The highest BCUT2D eigenvalue weighted by Crippen LogP contribution is 2.54. The number of benzene rings is 3. The Balaban J connectivity index is 1.23. The second-order valence-corrected chi connectivity index (χ2v) is 35.8. The highest BCUT2D eigenvalue weighted by molar-refractivity contribution is 9.10. The Morgan fingerprint density at radius 3 is 0.648 bits per heavy atom. The number of fused-ring (bicyclic) bond motifs is 4. The standard InChI is InChI=1S/C98H156Br2N4O4/c1-7-13-19-25-31-37-39-45-51-57-71-101-89-77-86-90(78-85(89)93(97(101)107)91-83-69-67-81(99)75-87(83)103(95(91)105)73-59-65-79(61-53-47-41-33-27-21-15-9-3)62-54-48-42-34-28-22-16-10-4)102(72-58-52-46-40-38-32-26-20-14-8-2)98(108)94(86)92-84-70-68-82(100)76-88(84)104(96(92)106)74-60-66-80(63-55-49-43-35-29-23-17-11-5)64-56-50-44-36-30-24-18-12-6/h67-70,75-80H,7-66,71-74H2,1-6H3/b93-91-,94-92-. The topological polar surface area (TPSA) is 81.2 Å². The molecule has 108 heavy (non-hydrogen) atoms. The van der Waals surface area contributed by atoms with Gasteiger partial charge < -0.3 is 19.6 Å². The normalized spacial score (nSPS) is 15.5. The molecule has 0 atom stereocenters. The average molecular weight is 1610 g/mol. The number of hydrogen-bond donors (Lipinski definition) is 0. The molecule has 0 aromatic heterocycles. The van der Waals surface area contributed by atoms with Crippen molar-refractivity contribution < 1.29 is 19.2 Å². The van der Waals surface area contributed by atoms with Crippen LogP contribution in [-0.4, -0.2) is 49.8 Å². The number of anilines is 4. The fourth-order valence-corrected chi connectivity index (χ4v) is 19.0. The lowest BCUT2D eigenvalue weighted by Crippen LogP contribution is -2.30. The van der Waals surface area contributed by atoms with Crippen LogP contribution in [0.3, 0.4) is 0 Å². The van der Waals surface area contributed by atoms with Gasteiger partial charge in [0.25, 0.3) is 23.6 Å². The summed E-state index contributed by atoms with van der Waals surface area (Å²) in [6.45, 7) is 16.0. The molecule has 3 aromatic rings. The van der Waals surface area contributed by atoms with Crippen molar-refractivity contribution in [1.82, 2.24) is 0 Å². The van der Waals surface area contributed by atoms with Crippen molar-refractivity contribution in [3.05, 3.63) is 79.7 Å².